The predicted octanol–water partition coefficient (Wildman–Crippen LogP) is 3.35. The van der Waals surface area contributed by atoms with Crippen molar-refractivity contribution in [2.45, 2.75) is 18.6 Å². The van der Waals surface area contributed by atoms with Gasteiger partial charge in [-0.15, -0.1) is 0 Å². The number of nitrogens with one attached hydrogen (secondary N) is 2. The van der Waals surface area contributed by atoms with Crippen LogP contribution in [0.15, 0.2) is 54.6 Å². The minimum atomic E-state index is -0.241. The second-order valence-electron chi connectivity index (χ2n) is 5.43. The first-order chi connectivity index (χ1) is 11.3. The molecule has 0 saturated carbocycles. The summed E-state index contributed by atoms with van der Waals surface area (Å²) in [6.45, 7) is 0.643. The second-order valence-corrected chi connectivity index (χ2v) is 5.43. The highest BCUT2D eigenvalue weighted by atomic mass is 16.5. The van der Waals surface area contributed by atoms with Crippen molar-refractivity contribution in [3.05, 3.63) is 60.2 Å². The molecule has 3 rings (SSSR count). The van der Waals surface area contributed by atoms with Crippen LogP contribution in [0.3, 0.4) is 0 Å². The number of carbonyl (C=O) groups excluding carboxylic acids is 1. The van der Waals surface area contributed by atoms with Gasteiger partial charge >= 0.3 is 6.03 Å². The van der Waals surface area contributed by atoms with Gasteiger partial charge in [-0.1, -0.05) is 36.4 Å². The Morgan fingerprint density at radius 1 is 1.17 bits per heavy atom. The van der Waals surface area contributed by atoms with Crippen molar-refractivity contribution >= 4 is 11.7 Å². The molecule has 0 aliphatic carbocycles. The first-order valence-corrected chi connectivity index (χ1v) is 7.64. The van der Waals surface area contributed by atoms with Gasteiger partial charge in [-0.2, -0.15) is 0 Å². The number of carbonyl (C=O) groups is 1. The van der Waals surface area contributed by atoms with E-state index >= 15 is 0 Å². The van der Waals surface area contributed by atoms with Crippen LogP contribution in [0.2, 0.25) is 0 Å². The monoisotopic (exact) mass is 312 g/mol. The van der Waals surface area contributed by atoms with Crippen molar-refractivity contribution in [1.29, 1.82) is 0 Å². The van der Waals surface area contributed by atoms with Crippen LogP contribution < -0.4 is 15.4 Å². The molecular weight excluding hydrogens is 292 g/mol. The summed E-state index contributed by atoms with van der Waals surface area (Å²) in [5, 5.41) is 5.83. The van der Waals surface area contributed by atoms with Gasteiger partial charge < -0.3 is 20.1 Å². The number of rotatable bonds is 4. The third-order valence-electron chi connectivity index (χ3n) is 3.86. The predicted molar refractivity (Wildman–Crippen MR) is 88.7 cm³/mol. The average Bonchev–Trinajstić information content (AvgIpc) is 3.03. The zero-order valence-electron chi connectivity index (χ0n) is 13.0. The Balaban J connectivity index is 1.62. The van der Waals surface area contributed by atoms with Gasteiger partial charge in [-0.05, 0) is 24.1 Å². The van der Waals surface area contributed by atoms with E-state index in [2.05, 4.69) is 10.6 Å². The lowest BCUT2D eigenvalue weighted by Crippen LogP contribution is -2.39. The summed E-state index contributed by atoms with van der Waals surface area (Å²) < 4.78 is 10.9. The summed E-state index contributed by atoms with van der Waals surface area (Å²) in [7, 11) is 1.60. The van der Waals surface area contributed by atoms with Gasteiger partial charge in [0.05, 0.1) is 13.2 Å². The summed E-state index contributed by atoms with van der Waals surface area (Å²) in [5.74, 6) is 0.703. The molecule has 5 nitrogen and oxygen atoms in total. The van der Waals surface area contributed by atoms with E-state index in [-0.39, 0.29) is 18.2 Å². The first-order valence-electron chi connectivity index (χ1n) is 7.64. The van der Waals surface area contributed by atoms with Crippen LogP contribution in [0.1, 0.15) is 18.1 Å². The van der Waals surface area contributed by atoms with Crippen LogP contribution in [-0.4, -0.2) is 25.8 Å². The molecule has 2 unspecified atom stereocenters. The third-order valence-corrected chi connectivity index (χ3v) is 3.86. The van der Waals surface area contributed by atoms with E-state index in [9.17, 15) is 4.79 Å². The lowest BCUT2D eigenvalue weighted by molar-refractivity contribution is 0.100. The number of amides is 2. The minimum Gasteiger partial charge on any atom is -0.497 e. The Labute approximate surface area is 135 Å². The molecular formula is C18H20N2O3. The highest BCUT2D eigenvalue weighted by Gasteiger charge is 2.30. The van der Waals surface area contributed by atoms with Gasteiger partial charge in [0, 0.05) is 18.4 Å². The molecule has 0 radical (unpaired) electrons. The van der Waals surface area contributed by atoms with Crippen molar-refractivity contribution in [2.75, 3.05) is 19.0 Å². The van der Waals surface area contributed by atoms with E-state index in [4.69, 9.17) is 9.47 Å². The number of hydrogen-bond acceptors (Lipinski definition) is 3. The maximum absolute atomic E-state index is 12.2. The smallest absolute Gasteiger partial charge is 0.319 e. The minimum absolute atomic E-state index is 0.0389. The van der Waals surface area contributed by atoms with Gasteiger partial charge in [0.15, 0.2) is 0 Å². The Morgan fingerprint density at radius 2 is 2.00 bits per heavy atom. The molecule has 2 atom stereocenters. The summed E-state index contributed by atoms with van der Waals surface area (Å²) in [5.41, 5.74) is 1.77. The number of methoxy groups -OCH3 is 1. The Kier molecular flexibility index (Phi) is 4.78. The lowest BCUT2D eigenvalue weighted by atomic mass is 10.0. The Hall–Kier alpha value is -2.53. The van der Waals surface area contributed by atoms with E-state index in [0.29, 0.717) is 18.0 Å². The summed E-state index contributed by atoms with van der Waals surface area (Å²) in [6, 6.07) is 16.9. The summed E-state index contributed by atoms with van der Waals surface area (Å²) in [4.78, 5) is 12.2. The standard InChI is InChI=1S/C18H20N2O3/c1-22-15-9-5-8-14(12-15)19-18(21)20-16-10-11-23-17(16)13-6-3-2-4-7-13/h2-9,12,16-17H,10-11H2,1H3,(H2,19,20,21). The topological polar surface area (TPSA) is 59.6 Å². The molecule has 5 heteroatoms. The molecule has 1 aliphatic heterocycles. The lowest BCUT2D eigenvalue weighted by Gasteiger charge is -2.20. The number of anilines is 1. The molecule has 2 aromatic rings. The molecule has 1 aliphatic rings. The van der Waals surface area contributed by atoms with Crippen molar-refractivity contribution in [3.63, 3.8) is 0 Å². The normalized spacial score (nSPS) is 20.0. The molecule has 2 N–H and O–H groups in total. The average molecular weight is 312 g/mol. The molecule has 2 amide bonds. The van der Waals surface area contributed by atoms with Crippen molar-refractivity contribution in [3.8, 4) is 5.75 Å². The van der Waals surface area contributed by atoms with Gasteiger partial charge in [0.25, 0.3) is 0 Å². The molecule has 1 saturated heterocycles. The molecule has 23 heavy (non-hydrogen) atoms. The van der Waals surface area contributed by atoms with Crippen molar-refractivity contribution < 1.29 is 14.3 Å². The van der Waals surface area contributed by atoms with Crippen molar-refractivity contribution in [1.82, 2.24) is 5.32 Å². The molecule has 1 heterocycles. The zero-order chi connectivity index (χ0) is 16.1. The SMILES string of the molecule is COc1cccc(NC(=O)NC2CCOC2c2ccccc2)c1. The number of ether oxygens (including phenoxy) is 2. The van der Waals surface area contributed by atoms with Gasteiger partial charge in [0.2, 0.25) is 0 Å². The number of urea groups is 1. The zero-order valence-corrected chi connectivity index (χ0v) is 13.0. The van der Waals surface area contributed by atoms with Crippen LogP contribution in [0.25, 0.3) is 0 Å². The van der Waals surface area contributed by atoms with Crippen LogP contribution in [0.5, 0.6) is 5.75 Å². The fraction of sp³-hybridized carbons (Fsp3) is 0.278. The molecule has 0 bridgehead atoms. The number of benzene rings is 2. The molecule has 2 aromatic carbocycles. The highest BCUT2D eigenvalue weighted by molar-refractivity contribution is 5.89. The van der Waals surface area contributed by atoms with E-state index in [1.807, 2.05) is 48.5 Å². The molecule has 0 aromatic heterocycles. The van der Waals surface area contributed by atoms with Crippen molar-refractivity contribution in [2.24, 2.45) is 0 Å². The van der Waals surface area contributed by atoms with E-state index in [1.165, 1.54) is 0 Å². The van der Waals surface area contributed by atoms with Gasteiger partial charge in [-0.25, -0.2) is 4.79 Å². The molecule has 1 fully saturated rings. The first kappa shape index (κ1) is 15.4. The summed E-state index contributed by atoms with van der Waals surface area (Å²) >= 11 is 0. The Morgan fingerprint density at radius 3 is 2.78 bits per heavy atom. The van der Waals surface area contributed by atoms with E-state index in [0.717, 1.165) is 12.0 Å². The Bertz CT molecular complexity index is 660. The van der Waals surface area contributed by atoms with Gasteiger partial charge in [0.1, 0.15) is 11.9 Å². The van der Waals surface area contributed by atoms with Crippen LogP contribution in [0, 0.1) is 0 Å². The van der Waals surface area contributed by atoms with Crippen LogP contribution in [-0.2, 0) is 4.74 Å². The molecule has 0 spiro atoms. The van der Waals surface area contributed by atoms with Crippen LogP contribution >= 0.6 is 0 Å². The van der Waals surface area contributed by atoms with Gasteiger partial charge in [-0.3, -0.25) is 0 Å². The highest BCUT2D eigenvalue weighted by Crippen LogP contribution is 2.29. The fourth-order valence-electron chi connectivity index (χ4n) is 2.74. The maximum Gasteiger partial charge on any atom is 0.319 e. The van der Waals surface area contributed by atoms with E-state index in [1.54, 1.807) is 13.2 Å². The van der Waals surface area contributed by atoms with E-state index < -0.39 is 0 Å². The quantitative estimate of drug-likeness (QED) is 0.910. The van der Waals surface area contributed by atoms with Crippen LogP contribution in [0.4, 0.5) is 10.5 Å². The fourth-order valence-corrected chi connectivity index (χ4v) is 2.74. The summed E-state index contributed by atoms with van der Waals surface area (Å²) in [6.07, 6.45) is 0.692. The third kappa shape index (κ3) is 3.81. The number of hydrogen-bond donors (Lipinski definition) is 2. The maximum atomic E-state index is 12.2. The largest absolute Gasteiger partial charge is 0.497 e. The second kappa shape index (κ2) is 7.15. The molecule has 120 valence electrons.